The van der Waals surface area contributed by atoms with Gasteiger partial charge in [-0.3, -0.25) is 0 Å². The van der Waals surface area contributed by atoms with Gasteiger partial charge in [0, 0.05) is 22.6 Å². The molecule has 0 bridgehead atoms. The Morgan fingerprint density at radius 2 is 1.76 bits per heavy atom. The minimum absolute atomic E-state index is 0.0206. The summed E-state index contributed by atoms with van der Waals surface area (Å²) in [7, 11) is 0. The Kier molecular flexibility index (Phi) is 3.46. The van der Waals surface area contributed by atoms with Crippen LogP contribution in [-0.2, 0) is 0 Å². The quantitative estimate of drug-likeness (QED) is 0.782. The van der Waals surface area contributed by atoms with Gasteiger partial charge in [-0.25, -0.2) is 0 Å². The van der Waals surface area contributed by atoms with Crippen molar-refractivity contribution in [3.8, 4) is 0 Å². The fourth-order valence-electron chi connectivity index (χ4n) is 2.87. The lowest BCUT2D eigenvalue weighted by molar-refractivity contribution is 0.705. The number of nitrogens with one attached hydrogen (secondary N) is 2. The summed E-state index contributed by atoms with van der Waals surface area (Å²) in [5.41, 5.74) is 6.19. The van der Waals surface area contributed by atoms with E-state index >= 15 is 0 Å². The van der Waals surface area contributed by atoms with E-state index in [2.05, 4.69) is 67.8 Å². The van der Waals surface area contributed by atoms with Crippen molar-refractivity contribution in [2.45, 2.75) is 32.7 Å². The summed E-state index contributed by atoms with van der Waals surface area (Å²) >= 11 is 0. The van der Waals surface area contributed by atoms with Gasteiger partial charge in [0.25, 0.3) is 0 Å². The van der Waals surface area contributed by atoms with Crippen LogP contribution in [0.1, 0.15) is 32.8 Å². The second-order valence-corrected chi connectivity index (χ2v) is 6.12. The van der Waals surface area contributed by atoms with Crippen LogP contribution in [0.5, 0.6) is 0 Å². The monoisotopic (exact) mass is 278 g/mol. The smallest absolute Gasteiger partial charge is 0.0506 e. The molecule has 3 rings (SSSR count). The molecule has 0 atom stereocenters. The molecule has 2 aromatic rings. The van der Waals surface area contributed by atoms with E-state index in [-0.39, 0.29) is 5.54 Å². The van der Waals surface area contributed by atoms with Crippen molar-refractivity contribution >= 4 is 22.6 Å². The van der Waals surface area contributed by atoms with Crippen molar-refractivity contribution in [2.75, 3.05) is 10.6 Å². The van der Waals surface area contributed by atoms with Gasteiger partial charge in [0.2, 0.25) is 0 Å². The Balaban J connectivity index is 1.95. The zero-order chi connectivity index (χ0) is 14.9. The Bertz CT molecular complexity index is 669. The van der Waals surface area contributed by atoms with Crippen molar-refractivity contribution in [3.63, 3.8) is 0 Å². The number of anilines is 3. The van der Waals surface area contributed by atoms with Crippen molar-refractivity contribution in [1.82, 2.24) is 0 Å². The third kappa shape index (κ3) is 2.94. The molecule has 0 aromatic heterocycles. The lowest BCUT2D eigenvalue weighted by atomic mass is 9.89. The van der Waals surface area contributed by atoms with E-state index in [1.807, 2.05) is 18.2 Å². The molecule has 0 saturated heterocycles. The molecule has 0 fully saturated rings. The summed E-state index contributed by atoms with van der Waals surface area (Å²) in [6.45, 7) is 6.64. The highest BCUT2D eigenvalue weighted by atomic mass is 15.0. The highest BCUT2D eigenvalue weighted by Gasteiger charge is 2.23. The highest BCUT2D eigenvalue weighted by molar-refractivity contribution is 5.83. The van der Waals surface area contributed by atoms with Crippen LogP contribution in [0.3, 0.4) is 0 Å². The van der Waals surface area contributed by atoms with E-state index in [4.69, 9.17) is 0 Å². The van der Waals surface area contributed by atoms with Gasteiger partial charge in [-0.15, -0.1) is 0 Å². The van der Waals surface area contributed by atoms with Gasteiger partial charge in [0.05, 0.1) is 5.54 Å². The van der Waals surface area contributed by atoms with Crippen LogP contribution in [0, 0.1) is 0 Å². The molecule has 108 valence electrons. The average molecular weight is 278 g/mol. The molecule has 0 amide bonds. The summed E-state index contributed by atoms with van der Waals surface area (Å²) in [4.78, 5) is 0. The Labute approximate surface area is 126 Å². The van der Waals surface area contributed by atoms with E-state index in [0.29, 0.717) is 0 Å². The van der Waals surface area contributed by atoms with Gasteiger partial charge in [0.1, 0.15) is 0 Å². The molecular weight excluding hydrogens is 256 g/mol. The minimum Gasteiger partial charge on any atom is -0.376 e. The van der Waals surface area contributed by atoms with Gasteiger partial charge in [-0.1, -0.05) is 31.2 Å². The van der Waals surface area contributed by atoms with Crippen molar-refractivity contribution < 1.29 is 0 Å². The topological polar surface area (TPSA) is 24.1 Å². The lowest BCUT2D eigenvalue weighted by Gasteiger charge is -2.32. The van der Waals surface area contributed by atoms with E-state index in [9.17, 15) is 0 Å². The van der Waals surface area contributed by atoms with Crippen molar-refractivity contribution in [2.24, 2.45) is 0 Å². The van der Waals surface area contributed by atoms with E-state index in [1.165, 1.54) is 16.8 Å². The van der Waals surface area contributed by atoms with Crippen LogP contribution in [0.15, 0.2) is 54.6 Å². The second kappa shape index (κ2) is 5.28. The van der Waals surface area contributed by atoms with Crippen LogP contribution < -0.4 is 10.6 Å². The molecule has 2 heteroatoms. The van der Waals surface area contributed by atoms with E-state index in [0.717, 1.165) is 17.8 Å². The van der Waals surface area contributed by atoms with Crippen molar-refractivity contribution in [1.29, 1.82) is 0 Å². The number of hydrogen-bond donors (Lipinski definition) is 2. The van der Waals surface area contributed by atoms with E-state index < -0.39 is 0 Å². The first-order valence-electron chi connectivity index (χ1n) is 7.54. The molecule has 0 saturated carbocycles. The standard InChI is InChI=1S/C19H22N2/c1-4-14-13-19(2,3)21-18-11-10-16(12-17(14)18)20-15-8-6-5-7-9-15/h5-13,20-21H,4H2,1-3H3. The molecule has 0 aliphatic carbocycles. The maximum atomic E-state index is 3.59. The van der Waals surface area contributed by atoms with Gasteiger partial charge >= 0.3 is 0 Å². The largest absolute Gasteiger partial charge is 0.376 e. The van der Waals surface area contributed by atoms with Crippen LogP contribution >= 0.6 is 0 Å². The zero-order valence-corrected chi connectivity index (χ0v) is 12.9. The predicted octanol–water partition coefficient (Wildman–Crippen LogP) is 5.43. The number of allylic oxidation sites excluding steroid dienone is 1. The fraction of sp³-hybridized carbons (Fsp3) is 0.263. The first-order chi connectivity index (χ1) is 10.1. The third-order valence-corrected chi connectivity index (χ3v) is 3.80. The first kappa shape index (κ1) is 13.7. The molecule has 0 unspecified atom stereocenters. The Hall–Kier alpha value is -2.22. The van der Waals surface area contributed by atoms with Crippen LogP contribution in [0.2, 0.25) is 0 Å². The predicted molar refractivity (Wildman–Crippen MR) is 92.1 cm³/mol. The van der Waals surface area contributed by atoms with Gasteiger partial charge in [-0.2, -0.15) is 0 Å². The summed E-state index contributed by atoms with van der Waals surface area (Å²) in [6.07, 6.45) is 3.38. The number of para-hydroxylation sites is 1. The van der Waals surface area contributed by atoms with Gasteiger partial charge < -0.3 is 10.6 Å². The highest BCUT2D eigenvalue weighted by Crippen LogP contribution is 2.37. The SMILES string of the molecule is CCC1=CC(C)(C)Nc2ccc(Nc3ccccc3)cc21. The summed E-state index contributed by atoms with van der Waals surface area (Å²) in [6, 6.07) is 16.8. The number of hydrogen-bond acceptors (Lipinski definition) is 2. The Morgan fingerprint density at radius 3 is 2.48 bits per heavy atom. The molecule has 0 spiro atoms. The van der Waals surface area contributed by atoms with Crippen LogP contribution in [-0.4, -0.2) is 5.54 Å². The molecule has 1 heterocycles. The molecule has 21 heavy (non-hydrogen) atoms. The van der Waals surface area contributed by atoms with Crippen molar-refractivity contribution in [3.05, 3.63) is 60.2 Å². The molecule has 2 nitrogen and oxygen atoms in total. The summed E-state index contributed by atoms with van der Waals surface area (Å²) in [5.74, 6) is 0. The number of fused-ring (bicyclic) bond motifs is 1. The van der Waals surface area contributed by atoms with Crippen LogP contribution in [0.25, 0.3) is 5.57 Å². The maximum absolute atomic E-state index is 3.59. The molecule has 0 radical (unpaired) electrons. The number of benzene rings is 2. The lowest BCUT2D eigenvalue weighted by Crippen LogP contribution is -2.31. The normalized spacial score (nSPS) is 15.7. The zero-order valence-electron chi connectivity index (χ0n) is 12.9. The maximum Gasteiger partial charge on any atom is 0.0506 e. The molecule has 1 aliphatic heterocycles. The Morgan fingerprint density at radius 1 is 1.00 bits per heavy atom. The molecular formula is C19H22N2. The van der Waals surface area contributed by atoms with Gasteiger partial charge in [0.15, 0.2) is 0 Å². The minimum atomic E-state index is 0.0206. The third-order valence-electron chi connectivity index (χ3n) is 3.80. The van der Waals surface area contributed by atoms with E-state index in [1.54, 1.807) is 0 Å². The fourth-order valence-corrected chi connectivity index (χ4v) is 2.87. The van der Waals surface area contributed by atoms with Gasteiger partial charge in [-0.05, 0) is 56.2 Å². The summed E-state index contributed by atoms with van der Waals surface area (Å²) in [5, 5.41) is 7.05. The number of rotatable bonds is 3. The van der Waals surface area contributed by atoms with Crippen LogP contribution in [0.4, 0.5) is 17.1 Å². The average Bonchev–Trinajstić information content (AvgIpc) is 2.47. The molecule has 2 aromatic carbocycles. The first-order valence-corrected chi connectivity index (χ1v) is 7.54. The second-order valence-electron chi connectivity index (χ2n) is 6.12. The molecule has 1 aliphatic rings. The molecule has 2 N–H and O–H groups in total. The summed E-state index contributed by atoms with van der Waals surface area (Å²) < 4.78 is 0.